The zero-order valence-electron chi connectivity index (χ0n) is 18.0. The number of halogens is 1. The highest BCUT2D eigenvalue weighted by atomic mass is 35.5. The Kier molecular flexibility index (Phi) is 4.96. The number of likely N-dealkylation sites (N-methyl/N-ethyl adjacent to an activating group) is 1. The lowest BCUT2D eigenvalue weighted by Gasteiger charge is -2.53. The maximum atomic E-state index is 13.7. The molecule has 0 heterocycles. The Balaban J connectivity index is 2.07. The number of rotatable bonds is 2. The fourth-order valence-electron chi connectivity index (χ4n) is 5.58. The van der Waals surface area contributed by atoms with Crippen molar-refractivity contribution in [1.29, 1.82) is 0 Å². The van der Waals surface area contributed by atoms with Gasteiger partial charge in [0.15, 0.2) is 11.4 Å². The molecule has 4 rings (SSSR count). The highest BCUT2D eigenvalue weighted by Gasteiger charge is 2.66. The van der Waals surface area contributed by atoms with E-state index in [1.165, 1.54) is 38.1 Å². The van der Waals surface area contributed by atoms with Crippen LogP contribution in [0.15, 0.2) is 29.0 Å². The number of fused-ring (bicyclic) bond motifs is 3. The third kappa shape index (κ3) is 2.75. The summed E-state index contributed by atoms with van der Waals surface area (Å²) in [5, 5.41) is 55.2. The summed E-state index contributed by atoms with van der Waals surface area (Å²) in [6.07, 6.45) is -0.259. The van der Waals surface area contributed by atoms with Crippen molar-refractivity contribution in [1.82, 2.24) is 4.90 Å². The fraction of sp³-hybridized carbons (Fsp3) is 0.409. The Bertz CT molecular complexity index is 1200. The number of Topliss-reactive ketones (excluding diaryl/α,β-unsaturated/α-hetero) is 2. The molecule has 176 valence electrons. The lowest BCUT2D eigenvalue weighted by atomic mass is 9.54. The van der Waals surface area contributed by atoms with Crippen molar-refractivity contribution >= 4 is 34.8 Å². The molecule has 1 amide bonds. The van der Waals surface area contributed by atoms with Crippen LogP contribution in [0.25, 0.3) is 5.76 Å². The minimum atomic E-state index is -2.78. The van der Waals surface area contributed by atoms with Crippen molar-refractivity contribution in [3.05, 3.63) is 45.2 Å². The first kappa shape index (κ1) is 23.2. The van der Waals surface area contributed by atoms with E-state index in [0.717, 1.165) is 0 Å². The first-order valence-electron chi connectivity index (χ1n) is 10.1. The smallest absolute Gasteiger partial charge is 0.255 e. The number of carbonyl (C=O) groups excluding carboxylic acids is 3. The molecule has 5 atom stereocenters. The van der Waals surface area contributed by atoms with Crippen molar-refractivity contribution in [2.75, 3.05) is 14.1 Å². The molecule has 1 aromatic rings. The molecule has 0 saturated heterocycles. The van der Waals surface area contributed by atoms with Crippen LogP contribution in [0.2, 0.25) is 5.02 Å². The van der Waals surface area contributed by atoms with Crippen LogP contribution in [-0.2, 0) is 20.0 Å². The van der Waals surface area contributed by atoms with E-state index in [4.69, 9.17) is 17.3 Å². The number of aliphatic hydroxyl groups is 4. The molecule has 3 aliphatic carbocycles. The van der Waals surface area contributed by atoms with Crippen LogP contribution in [0.3, 0.4) is 0 Å². The van der Waals surface area contributed by atoms with Gasteiger partial charge in [0.05, 0.1) is 17.2 Å². The lowest BCUT2D eigenvalue weighted by molar-refractivity contribution is -0.159. The quantitative estimate of drug-likeness (QED) is 0.325. The number of nitrogens with two attached hydrogens (primary N) is 1. The van der Waals surface area contributed by atoms with E-state index < -0.39 is 75.0 Å². The van der Waals surface area contributed by atoms with Gasteiger partial charge in [0.25, 0.3) is 5.91 Å². The van der Waals surface area contributed by atoms with E-state index in [0.29, 0.717) is 0 Å². The van der Waals surface area contributed by atoms with E-state index in [-0.39, 0.29) is 22.6 Å². The highest BCUT2D eigenvalue weighted by Crippen LogP contribution is 2.58. The average Bonchev–Trinajstić information content (AvgIpc) is 2.69. The molecule has 3 aliphatic rings. The van der Waals surface area contributed by atoms with E-state index >= 15 is 0 Å². The molecule has 0 aliphatic heterocycles. The van der Waals surface area contributed by atoms with Crippen molar-refractivity contribution in [2.24, 2.45) is 17.6 Å². The van der Waals surface area contributed by atoms with Gasteiger partial charge < -0.3 is 31.3 Å². The summed E-state index contributed by atoms with van der Waals surface area (Å²) in [6.45, 7) is 1.34. The summed E-state index contributed by atoms with van der Waals surface area (Å²) in [6, 6.07) is 1.24. The van der Waals surface area contributed by atoms with Gasteiger partial charge in [-0.25, -0.2) is 0 Å². The van der Waals surface area contributed by atoms with Crippen molar-refractivity contribution < 1.29 is 39.9 Å². The highest BCUT2D eigenvalue weighted by molar-refractivity contribution is 6.32. The number of aliphatic hydroxyl groups excluding tert-OH is 2. The van der Waals surface area contributed by atoms with Crippen LogP contribution in [0, 0.1) is 11.8 Å². The molecule has 33 heavy (non-hydrogen) atoms. The summed E-state index contributed by atoms with van der Waals surface area (Å²) < 4.78 is 0. The minimum Gasteiger partial charge on any atom is -0.508 e. The van der Waals surface area contributed by atoms with Gasteiger partial charge in [-0.3, -0.25) is 19.3 Å². The molecule has 1 aromatic carbocycles. The van der Waals surface area contributed by atoms with Gasteiger partial charge in [0, 0.05) is 28.0 Å². The molecule has 7 N–H and O–H groups in total. The molecule has 11 heteroatoms. The van der Waals surface area contributed by atoms with E-state index in [1.807, 2.05) is 0 Å². The Morgan fingerprint density at radius 2 is 1.79 bits per heavy atom. The molecule has 0 radical (unpaired) electrons. The van der Waals surface area contributed by atoms with Gasteiger partial charge in [-0.15, -0.1) is 0 Å². The van der Waals surface area contributed by atoms with Crippen LogP contribution in [-0.4, -0.2) is 73.6 Å². The number of amides is 1. The van der Waals surface area contributed by atoms with Gasteiger partial charge in [-0.05, 0) is 39.6 Å². The number of aromatic hydroxyl groups is 1. The number of ketones is 2. The van der Waals surface area contributed by atoms with Gasteiger partial charge in [0.1, 0.15) is 22.8 Å². The topological polar surface area (TPSA) is 182 Å². The van der Waals surface area contributed by atoms with E-state index in [1.54, 1.807) is 0 Å². The van der Waals surface area contributed by atoms with E-state index in [9.17, 15) is 39.9 Å². The Labute approximate surface area is 193 Å². The number of phenolic OH excluding ortho intramolecular Hbond substituents is 1. The summed E-state index contributed by atoms with van der Waals surface area (Å²) >= 11 is 6.28. The van der Waals surface area contributed by atoms with Gasteiger partial charge in [-0.2, -0.15) is 0 Å². The predicted octanol–water partition coefficient (Wildman–Crippen LogP) is 0.282. The molecule has 10 nitrogen and oxygen atoms in total. The SMILES string of the molecule is CN(C)[C@H]1C(=O)C(C(N)=O)=C(O)[C@@]2(O)C(=O)C3=C(O)c4c(O)ccc(Cl)c4[C@@](C)(O)[C@H]3C[C@@H]12. The number of phenols is 1. The molecular formula is C22H23ClN2O8. The van der Waals surface area contributed by atoms with Crippen molar-refractivity contribution in [3.8, 4) is 5.75 Å². The summed E-state index contributed by atoms with van der Waals surface area (Å²) in [5.41, 5.74) is -1.10. The molecule has 0 aromatic heterocycles. The second kappa shape index (κ2) is 7.04. The van der Waals surface area contributed by atoms with Crippen LogP contribution >= 0.6 is 11.6 Å². The van der Waals surface area contributed by atoms with Gasteiger partial charge >= 0.3 is 0 Å². The number of benzene rings is 1. The first-order valence-corrected chi connectivity index (χ1v) is 10.5. The fourth-order valence-corrected chi connectivity index (χ4v) is 5.93. The Hall–Kier alpha value is -2.92. The summed E-state index contributed by atoms with van der Waals surface area (Å²) in [4.78, 5) is 40.1. The predicted molar refractivity (Wildman–Crippen MR) is 115 cm³/mol. The van der Waals surface area contributed by atoms with Crippen LogP contribution in [0.5, 0.6) is 5.75 Å². The monoisotopic (exact) mass is 478 g/mol. The Morgan fingerprint density at radius 3 is 2.33 bits per heavy atom. The van der Waals surface area contributed by atoms with Gasteiger partial charge in [0.2, 0.25) is 5.78 Å². The third-order valence-corrected chi connectivity index (χ3v) is 7.39. The standard InChI is InChI=1S/C22H23ClN2O8/c1-21(32)7-6-8-15(25(2)3)17(28)13(20(24)31)19(30)22(8,33)18(29)11(7)16(27)12-10(26)5-4-9(23)14(12)21/h4-5,7-8,15,26-27,30,32-33H,6H2,1-3H3,(H2,24,31)/t7-,8-,15+,21-,22-/m0/s1. The number of hydrogen-bond acceptors (Lipinski definition) is 9. The van der Waals surface area contributed by atoms with Crippen molar-refractivity contribution in [3.63, 3.8) is 0 Å². The lowest BCUT2D eigenvalue weighted by Crippen LogP contribution is -2.67. The van der Waals surface area contributed by atoms with Gasteiger partial charge in [-0.1, -0.05) is 11.6 Å². The second-order valence-corrected chi connectivity index (χ2v) is 9.48. The number of nitrogens with zero attached hydrogens (tertiary/aromatic N) is 1. The van der Waals surface area contributed by atoms with Crippen LogP contribution < -0.4 is 5.73 Å². The van der Waals surface area contributed by atoms with E-state index in [2.05, 4.69) is 0 Å². The normalized spacial score (nSPS) is 33.7. The molecule has 0 bridgehead atoms. The number of hydrogen-bond donors (Lipinski definition) is 6. The second-order valence-electron chi connectivity index (χ2n) is 9.08. The minimum absolute atomic E-state index is 0.0187. The van der Waals surface area contributed by atoms with Crippen LogP contribution in [0.4, 0.5) is 0 Å². The number of primary amides is 1. The van der Waals surface area contributed by atoms with Crippen LogP contribution in [0.1, 0.15) is 24.5 Å². The largest absolute Gasteiger partial charge is 0.508 e. The summed E-state index contributed by atoms with van der Waals surface area (Å²) in [7, 11) is 2.97. The molecule has 1 fully saturated rings. The summed E-state index contributed by atoms with van der Waals surface area (Å²) in [5.74, 6) is -8.30. The first-order chi connectivity index (χ1) is 15.2. The van der Waals surface area contributed by atoms with Crippen molar-refractivity contribution in [2.45, 2.75) is 30.6 Å². The third-order valence-electron chi connectivity index (χ3n) is 7.07. The maximum absolute atomic E-state index is 13.7. The molecule has 0 spiro atoms. The average molecular weight is 479 g/mol. The molecule has 1 saturated carbocycles. The number of carbonyl (C=O) groups is 3. The zero-order valence-corrected chi connectivity index (χ0v) is 18.7. The zero-order chi connectivity index (χ0) is 24.8. The Morgan fingerprint density at radius 1 is 1.18 bits per heavy atom. The molecular weight excluding hydrogens is 456 g/mol. The maximum Gasteiger partial charge on any atom is 0.255 e. The molecule has 0 unspecified atom stereocenters.